The number of aliphatic imine (C=N–C) groups is 2. The van der Waals surface area contributed by atoms with Crippen LogP contribution in [0.5, 0.6) is 11.5 Å². The molecular weight excluding hydrogens is 714 g/mol. The molecule has 0 aliphatic carbocycles. The van der Waals surface area contributed by atoms with Crippen molar-refractivity contribution in [3.05, 3.63) is 59.7 Å². The van der Waals surface area contributed by atoms with E-state index in [9.17, 15) is 10.2 Å². The second kappa shape index (κ2) is 40.2. The minimum absolute atomic E-state index is 0.310. The summed E-state index contributed by atoms with van der Waals surface area (Å²) in [4.78, 5) is 8.77. The molecule has 0 heterocycles. The van der Waals surface area contributed by atoms with E-state index in [1.807, 2.05) is 36.4 Å². The summed E-state index contributed by atoms with van der Waals surface area (Å²) in [5.74, 6) is 0.619. The van der Waals surface area contributed by atoms with Crippen LogP contribution in [0.25, 0.3) is 0 Å². The van der Waals surface area contributed by atoms with Gasteiger partial charge in [-0.1, -0.05) is 154 Å². The molecule has 0 bridgehead atoms. The Hall–Kier alpha value is -1.00. The van der Waals surface area contributed by atoms with Crippen molar-refractivity contribution in [2.45, 2.75) is 142 Å². The van der Waals surface area contributed by atoms with Crippen LogP contribution < -0.4 is 0 Å². The Morgan fingerprint density at radius 2 is 0.717 bits per heavy atom. The van der Waals surface area contributed by atoms with E-state index in [4.69, 9.17) is 0 Å². The van der Waals surface area contributed by atoms with Crippen LogP contribution in [0, 0.1) is 0 Å². The fourth-order valence-corrected chi connectivity index (χ4v) is 4.90. The van der Waals surface area contributed by atoms with Crippen molar-refractivity contribution in [3.63, 3.8) is 0 Å². The van der Waals surface area contributed by atoms with Gasteiger partial charge < -0.3 is 10.2 Å². The number of halogens is 2. The minimum atomic E-state index is 0.310. The maximum atomic E-state index is 9.60. The third-order valence-electron chi connectivity index (χ3n) is 7.62. The van der Waals surface area contributed by atoms with Crippen LogP contribution in [-0.2, 0) is 30.2 Å². The van der Waals surface area contributed by atoms with Crippen LogP contribution in [0.15, 0.2) is 58.5 Å². The molecule has 0 aromatic heterocycles. The first-order valence-electron chi connectivity index (χ1n) is 17.5. The zero-order chi connectivity index (χ0) is 34.4. The zero-order valence-electron chi connectivity index (χ0n) is 28.5. The van der Waals surface area contributed by atoms with E-state index in [1.165, 1.54) is 116 Å². The third kappa shape index (κ3) is 31.6. The van der Waals surface area contributed by atoms with Crippen LogP contribution in [0.3, 0.4) is 0 Å². The van der Waals surface area contributed by atoms with Crippen LogP contribution in [-0.4, -0.2) is 35.7 Å². The van der Waals surface area contributed by atoms with Crippen LogP contribution in [0.2, 0.25) is 0 Å². The van der Waals surface area contributed by atoms with Crippen LogP contribution in [0.1, 0.15) is 153 Å². The zero-order valence-corrected chi connectivity index (χ0v) is 31.9. The van der Waals surface area contributed by atoms with Gasteiger partial charge in [0.05, 0.1) is 0 Å². The molecule has 0 aliphatic heterocycles. The van der Waals surface area contributed by atoms with Gasteiger partial charge in [-0.2, -0.15) is 0 Å². The Morgan fingerprint density at radius 3 is 1.00 bits per heavy atom. The molecule has 0 saturated heterocycles. The molecule has 2 aromatic rings. The van der Waals surface area contributed by atoms with Gasteiger partial charge in [0.25, 0.3) is 0 Å². The molecule has 0 unspecified atom stereocenters. The molecule has 2 rings (SSSR count). The van der Waals surface area contributed by atoms with Gasteiger partial charge in [0, 0.05) is 36.6 Å². The predicted molar refractivity (Wildman–Crippen MR) is 197 cm³/mol. The topological polar surface area (TPSA) is 65.2 Å². The number of nitrogens with zero attached hydrogens (tertiary/aromatic N) is 2. The maximum absolute atomic E-state index is 9.60. The molecule has 0 spiro atoms. The van der Waals surface area contributed by atoms with E-state index in [0.29, 0.717) is 11.5 Å². The van der Waals surface area contributed by atoms with Crippen LogP contribution in [0.4, 0.5) is 0 Å². The Kier molecular flexibility index (Phi) is 41.1. The van der Waals surface area contributed by atoms with Crippen molar-refractivity contribution in [1.82, 2.24) is 0 Å². The van der Waals surface area contributed by atoms with Crippen LogP contribution >= 0.6 is 20.2 Å². The van der Waals surface area contributed by atoms with E-state index < -0.39 is 0 Å². The SMILES string of the molecule is CCCCCCCCCCCCN=Cc1ccccc1O.CCCCCCCCCCCCN=Cc1ccccc1O.[Cl][Cu].[Cl][Cu]. The molecule has 46 heavy (non-hydrogen) atoms. The first kappa shape index (κ1) is 47.1. The first-order chi connectivity index (χ1) is 22.7. The second-order valence-corrected chi connectivity index (χ2v) is 11.6. The molecule has 0 atom stereocenters. The molecule has 0 amide bonds. The molecule has 0 saturated carbocycles. The summed E-state index contributed by atoms with van der Waals surface area (Å²) in [6.07, 6.45) is 30.5. The summed E-state index contributed by atoms with van der Waals surface area (Å²) in [7, 11) is 8.40. The Bertz CT molecular complexity index is 873. The van der Waals surface area contributed by atoms with E-state index >= 15 is 0 Å². The number of hydrogen-bond acceptors (Lipinski definition) is 4. The fourth-order valence-electron chi connectivity index (χ4n) is 4.90. The molecule has 0 fully saturated rings. The molecule has 4 nitrogen and oxygen atoms in total. The van der Waals surface area contributed by atoms with Gasteiger partial charge in [-0.15, -0.1) is 0 Å². The number of hydrogen-bond donors (Lipinski definition) is 2. The molecule has 0 aliphatic rings. The van der Waals surface area contributed by atoms with Gasteiger partial charge in [0.1, 0.15) is 11.5 Å². The normalized spacial score (nSPS) is 10.6. The van der Waals surface area contributed by atoms with Gasteiger partial charge >= 0.3 is 50.4 Å². The number of benzene rings is 2. The quantitative estimate of drug-likeness (QED) is 0.0633. The molecular formula is C38H62Cl2Cu2N2O2. The van der Waals surface area contributed by atoms with Crippen molar-refractivity contribution in [1.29, 1.82) is 0 Å². The predicted octanol–water partition coefficient (Wildman–Crippen LogP) is 12.8. The molecule has 272 valence electrons. The van der Waals surface area contributed by atoms with Gasteiger partial charge in [-0.05, 0) is 37.1 Å². The Balaban J connectivity index is 0. The van der Waals surface area contributed by atoms with Gasteiger partial charge in [-0.3, -0.25) is 9.98 Å². The standard InChI is InChI=1S/2C19H31NO.2ClH.2Cu/c2*1-2-3-4-5-6-7-8-9-10-13-16-20-17-18-14-11-12-15-19(18)21;;;;/h2*11-12,14-15,17,21H,2-10,13,16H2,1H3;2*1H;;/q;;;;2*+1/p-2. The average molecular weight is 777 g/mol. The number of aromatic hydroxyl groups is 2. The number of rotatable bonds is 24. The number of phenolic OH excluding ortho intramolecular Hbond substituents is 2. The second-order valence-electron chi connectivity index (χ2n) is 11.6. The Morgan fingerprint density at radius 1 is 0.457 bits per heavy atom. The third-order valence-corrected chi connectivity index (χ3v) is 7.62. The van der Waals surface area contributed by atoms with E-state index in [1.54, 1.807) is 24.6 Å². The number of para-hydroxylation sites is 2. The summed E-state index contributed by atoms with van der Waals surface area (Å²) in [6, 6.07) is 14.7. The van der Waals surface area contributed by atoms with Gasteiger partial charge in [-0.25, -0.2) is 0 Å². The summed E-state index contributed by atoms with van der Waals surface area (Å²) in [5, 5.41) is 19.2. The first-order valence-corrected chi connectivity index (χ1v) is 20.1. The number of unbranched alkanes of at least 4 members (excludes halogenated alkanes) is 18. The molecule has 0 radical (unpaired) electrons. The average Bonchev–Trinajstić information content (AvgIpc) is 3.09. The van der Waals surface area contributed by atoms with Crippen molar-refractivity contribution in [3.8, 4) is 11.5 Å². The summed E-state index contributed by atoms with van der Waals surface area (Å²) >= 11 is 7.32. The Labute approximate surface area is 307 Å². The van der Waals surface area contributed by atoms with Gasteiger partial charge in [0.15, 0.2) is 0 Å². The molecule has 8 heteroatoms. The van der Waals surface area contributed by atoms with Crippen molar-refractivity contribution < 1.29 is 40.4 Å². The van der Waals surface area contributed by atoms with E-state index in [2.05, 4.69) is 74.2 Å². The van der Waals surface area contributed by atoms with Crippen molar-refractivity contribution in [2.24, 2.45) is 9.98 Å². The summed E-state index contributed by atoms with van der Waals surface area (Å²) in [5.41, 5.74) is 1.62. The number of phenols is 2. The fraction of sp³-hybridized carbons (Fsp3) is 0.632. The molecule has 2 aromatic carbocycles. The van der Waals surface area contributed by atoms with Crippen molar-refractivity contribution in [2.75, 3.05) is 13.1 Å². The summed E-state index contributed by atoms with van der Waals surface area (Å²) in [6.45, 7) is 6.26. The monoisotopic (exact) mass is 774 g/mol. The van der Waals surface area contributed by atoms with Crippen molar-refractivity contribution >= 4 is 32.6 Å². The van der Waals surface area contributed by atoms with Gasteiger partial charge in [0.2, 0.25) is 0 Å². The van der Waals surface area contributed by atoms with E-state index in [0.717, 1.165) is 37.1 Å². The van der Waals surface area contributed by atoms with E-state index in [-0.39, 0.29) is 0 Å². The molecule has 2 N–H and O–H groups in total. The summed E-state index contributed by atoms with van der Waals surface area (Å²) < 4.78 is 0.